The van der Waals surface area contributed by atoms with E-state index in [4.69, 9.17) is 23.7 Å². The summed E-state index contributed by atoms with van der Waals surface area (Å²) in [6, 6.07) is 39.5. The minimum atomic E-state index is -0.917. The highest BCUT2D eigenvalue weighted by atomic mass is 16.6. The molecule has 0 aliphatic carbocycles. The van der Waals surface area contributed by atoms with Crippen LogP contribution in [0.15, 0.2) is 137 Å². The maximum Gasteiger partial charge on any atom is 0.329 e. The molecule has 11 heteroatoms. The number of H-pyrrole nitrogens is 1. The van der Waals surface area contributed by atoms with E-state index in [1.54, 1.807) is 4.57 Å². The standard InChI is InChI=1S/C40H40N4O7/c1-43-38(45)33-37(42-40(43)46)41-27-44(33)39-36(50-25-31-20-12-5-13-21-31)35(49-24-30-18-10-4-11-19-30)34(48-23-29-16-8-3-9-17-29)32(51-39)26-47-22-28-14-6-2-7-15-28/h2-21,27,32,34-36,39H,22-26H2,1H3,(H,42,46)/t32-,34-,35+,36-,39-/m1/s1. The number of nitrogens with zero attached hydrogens (tertiary/aromatic N) is 3. The first-order valence-electron chi connectivity index (χ1n) is 16.9. The van der Waals surface area contributed by atoms with Gasteiger partial charge in [0.15, 0.2) is 17.4 Å². The zero-order valence-corrected chi connectivity index (χ0v) is 28.2. The zero-order chi connectivity index (χ0) is 35.0. The fourth-order valence-electron chi connectivity index (χ4n) is 6.28. The summed E-state index contributed by atoms with van der Waals surface area (Å²) in [5, 5.41) is 0. The minimum Gasteiger partial charge on any atom is -0.374 e. The number of imidazole rings is 1. The highest BCUT2D eigenvalue weighted by Gasteiger charge is 2.49. The topological polar surface area (TPSA) is 119 Å². The van der Waals surface area contributed by atoms with Crippen molar-refractivity contribution < 1.29 is 23.7 Å². The molecule has 6 aromatic rings. The van der Waals surface area contributed by atoms with E-state index in [1.807, 2.05) is 121 Å². The Hall–Kier alpha value is -5.17. The molecule has 1 saturated heterocycles. The summed E-state index contributed by atoms with van der Waals surface area (Å²) in [6.07, 6.45) is -2.24. The second-order valence-electron chi connectivity index (χ2n) is 12.5. The van der Waals surface area contributed by atoms with E-state index in [0.717, 1.165) is 26.8 Å². The third kappa shape index (κ3) is 8.09. The van der Waals surface area contributed by atoms with Gasteiger partial charge in [0, 0.05) is 7.05 Å². The van der Waals surface area contributed by atoms with Crippen LogP contribution < -0.4 is 11.2 Å². The molecular weight excluding hydrogens is 648 g/mol. The van der Waals surface area contributed by atoms with Crippen molar-refractivity contribution >= 4 is 11.2 Å². The summed E-state index contributed by atoms with van der Waals surface area (Å²) in [6.45, 7) is 1.31. The molecule has 5 atom stereocenters. The highest BCUT2D eigenvalue weighted by Crippen LogP contribution is 2.37. The molecule has 1 fully saturated rings. The number of rotatable bonds is 14. The van der Waals surface area contributed by atoms with Crippen LogP contribution in [-0.2, 0) is 57.2 Å². The molecule has 1 aliphatic rings. The van der Waals surface area contributed by atoms with E-state index in [1.165, 1.54) is 13.4 Å². The molecule has 0 saturated carbocycles. The molecule has 3 heterocycles. The monoisotopic (exact) mass is 688 g/mol. The van der Waals surface area contributed by atoms with Crippen molar-refractivity contribution in [3.05, 3.63) is 171 Å². The summed E-state index contributed by atoms with van der Waals surface area (Å²) in [7, 11) is 1.42. The van der Waals surface area contributed by atoms with Crippen LogP contribution in [0.5, 0.6) is 0 Å². The molecule has 1 aliphatic heterocycles. The van der Waals surface area contributed by atoms with Crippen LogP contribution in [0.25, 0.3) is 11.2 Å². The molecule has 4 aromatic carbocycles. The van der Waals surface area contributed by atoms with E-state index < -0.39 is 41.9 Å². The van der Waals surface area contributed by atoms with Crippen LogP contribution in [0.3, 0.4) is 0 Å². The summed E-state index contributed by atoms with van der Waals surface area (Å²) < 4.78 is 36.1. The highest BCUT2D eigenvalue weighted by molar-refractivity contribution is 5.69. The van der Waals surface area contributed by atoms with Crippen LogP contribution >= 0.6 is 0 Å². The molecule has 2 aromatic heterocycles. The predicted octanol–water partition coefficient (Wildman–Crippen LogP) is 5.29. The van der Waals surface area contributed by atoms with Crippen LogP contribution in [0.4, 0.5) is 0 Å². The SMILES string of the molecule is Cn1c(=O)[nH]c2ncn([C@@H]3O[C@H](COCc4ccccc4)[C@@H](OCc4ccccc4)[C@H](OCc4ccccc4)[C@H]3OCc3ccccc3)c2c1=O. The van der Waals surface area contributed by atoms with Crippen molar-refractivity contribution in [3.8, 4) is 0 Å². The van der Waals surface area contributed by atoms with Crippen molar-refractivity contribution in [1.29, 1.82) is 0 Å². The Morgan fingerprint density at radius 3 is 1.65 bits per heavy atom. The summed E-state index contributed by atoms with van der Waals surface area (Å²) in [5.74, 6) is 0. The number of fused-ring (bicyclic) bond motifs is 1. The average molecular weight is 689 g/mol. The fraction of sp³-hybridized carbons (Fsp3) is 0.275. The summed E-state index contributed by atoms with van der Waals surface area (Å²) >= 11 is 0. The smallest absolute Gasteiger partial charge is 0.329 e. The summed E-state index contributed by atoms with van der Waals surface area (Å²) in [5.41, 5.74) is 3.16. The lowest BCUT2D eigenvalue weighted by atomic mass is 9.96. The molecule has 0 amide bonds. The van der Waals surface area contributed by atoms with Crippen LogP contribution in [0.1, 0.15) is 28.5 Å². The van der Waals surface area contributed by atoms with E-state index in [0.29, 0.717) is 13.2 Å². The van der Waals surface area contributed by atoms with Crippen molar-refractivity contribution in [3.63, 3.8) is 0 Å². The van der Waals surface area contributed by atoms with Gasteiger partial charge in [-0.25, -0.2) is 9.78 Å². The average Bonchev–Trinajstić information content (AvgIpc) is 3.60. The molecule has 0 radical (unpaired) electrons. The van der Waals surface area contributed by atoms with Gasteiger partial charge in [0.25, 0.3) is 5.56 Å². The van der Waals surface area contributed by atoms with Gasteiger partial charge < -0.3 is 23.7 Å². The molecule has 0 spiro atoms. The molecule has 7 rings (SSSR count). The Balaban J connectivity index is 1.30. The molecule has 0 unspecified atom stereocenters. The van der Waals surface area contributed by atoms with Gasteiger partial charge in [0.2, 0.25) is 0 Å². The van der Waals surface area contributed by atoms with Gasteiger partial charge >= 0.3 is 5.69 Å². The maximum atomic E-state index is 13.6. The third-order valence-corrected chi connectivity index (χ3v) is 8.96. The van der Waals surface area contributed by atoms with Gasteiger partial charge in [0.05, 0.1) is 39.4 Å². The number of aromatic nitrogens is 4. The number of ether oxygens (including phenoxy) is 5. The van der Waals surface area contributed by atoms with Crippen molar-refractivity contribution in [1.82, 2.24) is 19.1 Å². The molecule has 262 valence electrons. The van der Waals surface area contributed by atoms with E-state index in [9.17, 15) is 9.59 Å². The molecule has 1 N–H and O–H groups in total. The number of hydrogen-bond acceptors (Lipinski definition) is 8. The van der Waals surface area contributed by atoms with Crippen molar-refractivity contribution in [2.24, 2.45) is 7.05 Å². The van der Waals surface area contributed by atoms with Gasteiger partial charge in [-0.2, -0.15) is 0 Å². The molecule has 0 bridgehead atoms. The van der Waals surface area contributed by atoms with Gasteiger partial charge in [-0.1, -0.05) is 121 Å². The second-order valence-corrected chi connectivity index (χ2v) is 12.5. The van der Waals surface area contributed by atoms with Crippen molar-refractivity contribution in [2.75, 3.05) is 6.61 Å². The van der Waals surface area contributed by atoms with Gasteiger partial charge in [0.1, 0.15) is 24.4 Å². The maximum absolute atomic E-state index is 13.6. The second kappa shape index (κ2) is 16.2. The molecule has 51 heavy (non-hydrogen) atoms. The first kappa shape index (κ1) is 34.3. The number of benzene rings is 4. The number of aromatic amines is 1. The predicted molar refractivity (Wildman–Crippen MR) is 191 cm³/mol. The third-order valence-electron chi connectivity index (χ3n) is 8.96. The van der Waals surface area contributed by atoms with Crippen LogP contribution in [-0.4, -0.2) is 50.1 Å². The lowest BCUT2D eigenvalue weighted by Crippen LogP contribution is -2.59. The van der Waals surface area contributed by atoms with E-state index in [2.05, 4.69) is 9.97 Å². The lowest BCUT2D eigenvalue weighted by molar-refractivity contribution is -0.289. The fourth-order valence-corrected chi connectivity index (χ4v) is 6.28. The van der Waals surface area contributed by atoms with Gasteiger partial charge in [-0.05, 0) is 22.3 Å². The quantitative estimate of drug-likeness (QED) is 0.164. The summed E-state index contributed by atoms with van der Waals surface area (Å²) in [4.78, 5) is 33.2. The van der Waals surface area contributed by atoms with Crippen LogP contribution in [0, 0.1) is 0 Å². The Morgan fingerprint density at radius 1 is 0.647 bits per heavy atom. The van der Waals surface area contributed by atoms with Gasteiger partial charge in [-0.3, -0.25) is 18.9 Å². The minimum absolute atomic E-state index is 0.148. The van der Waals surface area contributed by atoms with E-state index >= 15 is 0 Å². The van der Waals surface area contributed by atoms with Crippen LogP contribution in [0.2, 0.25) is 0 Å². The van der Waals surface area contributed by atoms with Gasteiger partial charge in [-0.15, -0.1) is 0 Å². The Bertz CT molecular complexity index is 2100. The van der Waals surface area contributed by atoms with Crippen molar-refractivity contribution in [2.45, 2.75) is 57.1 Å². The number of hydrogen-bond donors (Lipinski definition) is 1. The lowest BCUT2D eigenvalue weighted by Gasteiger charge is -2.46. The number of nitrogens with one attached hydrogen (secondary N) is 1. The molecule has 11 nitrogen and oxygen atoms in total. The first-order chi connectivity index (χ1) is 25.0. The Labute approximate surface area is 295 Å². The van der Waals surface area contributed by atoms with E-state index in [-0.39, 0.29) is 31.0 Å². The normalized spacial score (nSPS) is 20.5. The Kier molecular flexibility index (Phi) is 10.9. The zero-order valence-electron chi connectivity index (χ0n) is 28.2. The Morgan fingerprint density at radius 2 is 1.12 bits per heavy atom. The first-order valence-corrected chi connectivity index (χ1v) is 16.9. The molecular formula is C40H40N4O7. The largest absolute Gasteiger partial charge is 0.374 e.